The summed E-state index contributed by atoms with van der Waals surface area (Å²) in [6.07, 6.45) is 0. The molecule has 34 heavy (non-hydrogen) atoms. The van der Waals surface area contributed by atoms with Gasteiger partial charge >= 0.3 is 0 Å². The highest BCUT2D eigenvalue weighted by Gasteiger charge is 2.15. The van der Waals surface area contributed by atoms with E-state index in [1.807, 2.05) is 66.7 Å². The summed E-state index contributed by atoms with van der Waals surface area (Å²) in [5.41, 5.74) is 12.4. The number of para-hydroxylation sites is 2. The van der Waals surface area contributed by atoms with E-state index < -0.39 is 0 Å². The van der Waals surface area contributed by atoms with Gasteiger partial charge in [-0.3, -0.25) is 9.36 Å². The Kier molecular flexibility index (Phi) is 5.79. The van der Waals surface area contributed by atoms with Gasteiger partial charge in [0.1, 0.15) is 17.3 Å². The highest BCUT2D eigenvalue weighted by molar-refractivity contribution is 7.98. The minimum atomic E-state index is -0.181. The molecule has 0 bridgehead atoms. The van der Waals surface area contributed by atoms with Gasteiger partial charge in [-0.2, -0.15) is 15.0 Å². The van der Waals surface area contributed by atoms with Crippen molar-refractivity contribution in [3.63, 3.8) is 0 Å². The number of ether oxygens (including phenoxy) is 1. The van der Waals surface area contributed by atoms with Crippen LogP contribution in [0.4, 0.5) is 11.9 Å². The summed E-state index contributed by atoms with van der Waals surface area (Å²) in [5.74, 6) is 2.17. The standard InChI is InChI=1S/C24H19N7O2S/c25-22-28-20(29-23(26)30-22)14-34-24-27-19-9-5-4-8-18(19)21(32)31(24)15-10-12-17(13-11-15)33-16-6-2-1-3-7-16/h1-13H,14H2,(H4,25,26,28,29,30). The fraction of sp³-hybridized carbons (Fsp3) is 0.0417. The molecular weight excluding hydrogens is 450 g/mol. The fourth-order valence-corrected chi connectivity index (χ4v) is 4.24. The van der Waals surface area contributed by atoms with E-state index in [2.05, 4.69) is 15.0 Å². The molecule has 0 spiro atoms. The van der Waals surface area contributed by atoms with E-state index in [1.165, 1.54) is 11.8 Å². The third kappa shape index (κ3) is 4.52. The molecule has 0 radical (unpaired) electrons. The summed E-state index contributed by atoms with van der Waals surface area (Å²) in [7, 11) is 0. The lowest BCUT2D eigenvalue weighted by atomic mass is 10.2. The molecule has 5 rings (SSSR count). The fourth-order valence-electron chi connectivity index (χ4n) is 3.38. The normalized spacial score (nSPS) is 10.9. The van der Waals surface area contributed by atoms with Crippen LogP contribution < -0.4 is 21.8 Å². The third-order valence-corrected chi connectivity index (χ3v) is 5.80. The minimum Gasteiger partial charge on any atom is -0.457 e. The topological polar surface area (TPSA) is 135 Å². The SMILES string of the molecule is Nc1nc(N)nc(CSc2nc3ccccc3c(=O)n2-c2ccc(Oc3ccccc3)cc2)n1. The van der Waals surface area contributed by atoms with E-state index in [9.17, 15) is 4.79 Å². The van der Waals surface area contributed by atoms with Crippen LogP contribution in [0.15, 0.2) is 88.8 Å². The van der Waals surface area contributed by atoms with E-state index >= 15 is 0 Å². The predicted octanol–water partition coefficient (Wildman–Crippen LogP) is 3.82. The van der Waals surface area contributed by atoms with Crippen molar-refractivity contribution >= 4 is 34.6 Å². The first-order valence-corrected chi connectivity index (χ1v) is 11.3. The molecule has 0 saturated carbocycles. The molecule has 4 N–H and O–H groups in total. The van der Waals surface area contributed by atoms with Crippen molar-refractivity contribution in [2.45, 2.75) is 10.9 Å². The first kappa shape index (κ1) is 21.4. The van der Waals surface area contributed by atoms with E-state index in [0.29, 0.717) is 39.1 Å². The van der Waals surface area contributed by atoms with Gasteiger partial charge in [-0.05, 0) is 48.5 Å². The van der Waals surface area contributed by atoms with E-state index in [0.717, 1.165) is 5.75 Å². The van der Waals surface area contributed by atoms with E-state index in [1.54, 1.807) is 16.7 Å². The Bertz CT molecular complexity index is 1500. The second-order valence-electron chi connectivity index (χ2n) is 7.22. The van der Waals surface area contributed by atoms with E-state index in [-0.39, 0.29) is 17.5 Å². The summed E-state index contributed by atoms with van der Waals surface area (Å²) >= 11 is 1.30. The molecule has 0 aliphatic carbocycles. The van der Waals surface area contributed by atoms with Gasteiger partial charge < -0.3 is 16.2 Å². The predicted molar refractivity (Wildman–Crippen MR) is 132 cm³/mol. The van der Waals surface area contributed by atoms with Gasteiger partial charge in [-0.1, -0.05) is 42.1 Å². The summed E-state index contributed by atoms with van der Waals surface area (Å²) in [5, 5.41) is 1.00. The highest BCUT2D eigenvalue weighted by atomic mass is 32.2. The lowest BCUT2D eigenvalue weighted by molar-refractivity contribution is 0.482. The van der Waals surface area contributed by atoms with Gasteiger partial charge in [-0.25, -0.2) is 4.98 Å². The van der Waals surface area contributed by atoms with Crippen LogP contribution >= 0.6 is 11.8 Å². The molecule has 5 aromatic rings. The molecule has 2 heterocycles. The number of hydrogen-bond donors (Lipinski definition) is 2. The van der Waals surface area contributed by atoms with Gasteiger partial charge in [0.2, 0.25) is 11.9 Å². The minimum absolute atomic E-state index is 0.0426. The summed E-state index contributed by atoms with van der Waals surface area (Å²) in [6.45, 7) is 0. The zero-order chi connectivity index (χ0) is 23.5. The average molecular weight is 470 g/mol. The summed E-state index contributed by atoms with van der Waals surface area (Å²) in [6, 6.07) is 24.0. The smallest absolute Gasteiger partial charge is 0.266 e. The molecule has 10 heteroatoms. The van der Waals surface area contributed by atoms with Crippen LogP contribution in [0.1, 0.15) is 5.82 Å². The van der Waals surface area contributed by atoms with Gasteiger partial charge in [0.25, 0.3) is 5.56 Å². The molecule has 0 amide bonds. The van der Waals surface area contributed by atoms with Crippen molar-refractivity contribution < 1.29 is 4.74 Å². The molecule has 168 valence electrons. The average Bonchev–Trinajstić information content (AvgIpc) is 2.84. The maximum Gasteiger partial charge on any atom is 0.266 e. The molecule has 0 atom stereocenters. The molecular formula is C24H19N7O2S. The van der Waals surface area contributed by atoms with Crippen molar-refractivity contribution in [3.8, 4) is 17.2 Å². The van der Waals surface area contributed by atoms with Crippen molar-refractivity contribution in [2.75, 3.05) is 11.5 Å². The first-order valence-electron chi connectivity index (χ1n) is 10.3. The zero-order valence-electron chi connectivity index (χ0n) is 17.8. The van der Waals surface area contributed by atoms with Crippen molar-refractivity contribution in [3.05, 3.63) is 95.0 Å². The Labute approximate surface area is 198 Å². The number of nitrogens with two attached hydrogens (primary N) is 2. The van der Waals surface area contributed by atoms with Crippen LogP contribution in [0.3, 0.4) is 0 Å². The number of benzene rings is 3. The van der Waals surface area contributed by atoms with Crippen molar-refractivity contribution in [1.82, 2.24) is 24.5 Å². The maximum atomic E-state index is 13.4. The number of fused-ring (bicyclic) bond motifs is 1. The van der Waals surface area contributed by atoms with Crippen molar-refractivity contribution in [1.29, 1.82) is 0 Å². The van der Waals surface area contributed by atoms with Crippen molar-refractivity contribution in [2.24, 2.45) is 0 Å². The third-order valence-electron chi connectivity index (χ3n) is 4.87. The first-order chi connectivity index (χ1) is 16.6. The van der Waals surface area contributed by atoms with Crippen LogP contribution in [0.25, 0.3) is 16.6 Å². The highest BCUT2D eigenvalue weighted by Crippen LogP contribution is 2.26. The van der Waals surface area contributed by atoms with Gasteiger partial charge in [0.15, 0.2) is 5.16 Å². The van der Waals surface area contributed by atoms with Crippen LogP contribution in [0, 0.1) is 0 Å². The second-order valence-corrected chi connectivity index (χ2v) is 8.16. The number of nitrogens with zero attached hydrogens (tertiary/aromatic N) is 5. The number of rotatable bonds is 6. The largest absolute Gasteiger partial charge is 0.457 e. The Balaban J connectivity index is 1.52. The summed E-state index contributed by atoms with van der Waals surface area (Å²) < 4.78 is 7.44. The van der Waals surface area contributed by atoms with Crippen LogP contribution in [-0.2, 0) is 5.75 Å². The Hall–Kier alpha value is -4.44. The number of aromatic nitrogens is 5. The number of thioether (sulfide) groups is 1. The Morgan fingerprint density at radius 2 is 1.41 bits per heavy atom. The number of anilines is 2. The van der Waals surface area contributed by atoms with Gasteiger partial charge in [0, 0.05) is 0 Å². The monoisotopic (exact) mass is 469 g/mol. The molecule has 0 aliphatic heterocycles. The Morgan fingerprint density at radius 1 is 0.765 bits per heavy atom. The lowest BCUT2D eigenvalue weighted by Gasteiger charge is -2.14. The molecule has 0 fully saturated rings. The van der Waals surface area contributed by atoms with Gasteiger partial charge in [-0.15, -0.1) is 0 Å². The lowest BCUT2D eigenvalue weighted by Crippen LogP contribution is -2.21. The molecule has 9 nitrogen and oxygen atoms in total. The molecule has 0 aliphatic rings. The van der Waals surface area contributed by atoms with E-state index in [4.69, 9.17) is 21.2 Å². The maximum absolute atomic E-state index is 13.4. The molecule has 0 unspecified atom stereocenters. The second kappa shape index (κ2) is 9.20. The van der Waals surface area contributed by atoms with Gasteiger partial charge in [0.05, 0.1) is 22.3 Å². The summed E-state index contributed by atoms with van der Waals surface area (Å²) in [4.78, 5) is 30.2. The molecule has 2 aromatic heterocycles. The number of hydrogen-bond acceptors (Lipinski definition) is 9. The van der Waals surface area contributed by atoms with Crippen LogP contribution in [0.5, 0.6) is 11.5 Å². The van der Waals surface area contributed by atoms with Crippen LogP contribution in [0.2, 0.25) is 0 Å². The Morgan fingerprint density at radius 3 is 2.15 bits per heavy atom. The quantitative estimate of drug-likeness (QED) is 0.281. The zero-order valence-corrected chi connectivity index (χ0v) is 18.6. The van der Waals surface area contributed by atoms with Crippen LogP contribution in [-0.4, -0.2) is 24.5 Å². The molecule has 0 saturated heterocycles. The molecule has 3 aromatic carbocycles. The number of nitrogen functional groups attached to an aromatic ring is 2.